The van der Waals surface area contributed by atoms with E-state index < -0.39 is 17.8 Å². The summed E-state index contributed by atoms with van der Waals surface area (Å²) in [6, 6.07) is 7.29. The molecule has 0 radical (unpaired) electrons. The maximum absolute atomic E-state index is 11.7. The van der Waals surface area contributed by atoms with Crippen LogP contribution in [0.4, 0.5) is 0 Å². The van der Waals surface area contributed by atoms with Crippen molar-refractivity contribution in [3.63, 3.8) is 0 Å². The molecule has 1 rings (SSSR count). The van der Waals surface area contributed by atoms with Crippen LogP contribution in [0.15, 0.2) is 24.3 Å². The van der Waals surface area contributed by atoms with Crippen molar-refractivity contribution in [2.75, 3.05) is 13.2 Å². The molecule has 0 aliphatic rings. The lowest BCUT2D eigenvalue weighted by molar-refractivity contribution is -0.144. The van der Waals surface area contributed by atoms with Gasteiger partial charge >= 0.3 is 5.97 Å². The number of amides is 2. The van der Waals surface area contributed by atoms with Gasteiger partial charge in [0.1, 0.15) is 5.75 Å². The highest BCUT2D eigenvalue weighted by Crippen LogP contribution is 2.15. The Morgan fingerprint density at radius 1 is 1.08 bits per heavy atom. The molecule has 0 bridgehead atoms. The molecule has 0 fully saturated rings. The average molecular weight is 367 g/mol. The van der Waals surface area contributed by atoms with Gasteiger partial charge in [0.15, 0.2) is 11.7 Å². The Balaban J connectivity index is 2.22. The van der Waals surface area contributed by atoms with Crippen molar-refractivity contribution in [3.05, 3.63) is 29.8 Å². The first kappa shape index (κ1) is 20.4. The van der Waals surface area contributed by atoms with E-state index in [9.17, 15) is 14.4 Å². The molecule has 25 heavy (non-hydrogen) atoms. The van der Waals surface area contributed by atoms with E-state index in [2.05, 4.69) is 16.2 Å². The molecule has 3 N–H and O–H groups in total. The number of carbonyl (C=O) groups is 3. The first-order valence-electron chi connectivity index (χ1n) is 7.65. The maximum Gasteiger partial charge on any atom is 0.306 e. The number of thiocarbonyl (C=S) groups is 1. The molecule has 0 saturated heterocycles. The van der Waals surface area contributed by atoms with Gasteiger partial charge in [-0.05, 0) is 37.7 Å². The molecule has 0 unspecified atom stereocenters. The van der Waals surface area contributed by atoms with Crippen LogP contribution < -0.4 is 20.9 Å². The molecule has 136 valence electrons. The van der Waals surface area contributed by atoms with E-state index in [0.29, 0.717) is 5.75 Å². The predicted molar refractivity (Wildman–Crippen MR) is 94.6 cm³/mol. The molecule has 0 saturated carbocycles. The van der Waals surface area contributed by atoms with Crippen molar-refractivity contribution in [1.82, 2.24) is 16.2 Å². The second-order valence-corrected chi connectivity index (χ2v) is 5.32. The van der Waals surface area contributed by atoms with Crippen LogP contribution in [0.5, 0.6) is 5.75 Å². The summed E-state index contributed by atoms with van der Waals surface area (Å²) in [4.78, 5) is 34.4. The van der Waals surface area contributed by atoms with Gasteiger partial charge in [-0.3, -0.25) is 25.2 Å². The maximum atomic E-state index is 11.7. The lowest BCUT2D eigenvalue weighted by Gasteiger charge is -2.12. The zero-order chi connectivity index (χ0) is 18.7. The van der Waals surface area contributed by atoms with Crippen LogP contribution in [-0.4, -0.2) is 36.1 Å². The number of hydrogen-bond donors (Lipinski definition) is 3. The molecular formula is C16H21N3O5S. The zero-order valence-corrected chi connectivity index (χ0v) is 14.9. The van der Waals surface area contributed by atoms with Crippen molar-refractivity contribution in [1.29, 1.82) is 0 Å². The number of rotatable bonds is 7. The molecule has 0 aliphatic carbocycles. The zero-order valence-electron chi connectivity index (χ0n) is 14.1. The normalized spacial score (nSPS) is 9.68. The van der Waals surface area contributed by atoms with E-state index in [1.165, 1.54) is 0 Å². The Morgan fingerprint density at radius 3 is 2.48 bits per heavy atom. The Kier molecular flexibility index (Phi) is 8.94. The van der Waals surface area contributed by atoms with Crippen LogP contribution in [0.1, 0.15) is 25.3 Å². The first-order chi connectivity index (χ1) is 11.9. The molecule has 1 aromatic carbocycles. The first-order valence-corrected chi connectivity index (χ1v) is 8.06. The summed E-state index contributed by atoms with van der Waals surface area (Å²) in [5.41, 5.74) is 5.59. The van der Waals surface area contributed by atoms with Crippen molar-refractivity contribution in [2.24, 2.45) is 0 Å². The van der Waals surface area contributed by atoms with Gasteiger partial charge in [0.2, 0.25) is 5.91 Å². The molecule has 0 aliphatic heterocycles. The van der Waals surface area contributed by atoms with Gasteiger partial charge in [-0.2, -0.15) is 0 Å². The molecule has 0 aromatic heterocycles. The quantitative estimate of drug-likeness (QED) is 0.371. The largest absolute Gasteiger partial charge is 0.483 e. The number of carbonyl (C=O) groups excluding carboxylic acids is 3. The van der Waals surface area contributed by atoms with Crippen LogP contribution in [-0.2, 0) is 19.1 Å². The van der Waals surface area contributed by atoms with E-state index in [4.69, 9.17) is 21.7 Å². The van der Waals surface area contributed by atoms with E-state index in [1.54, 1.807) is 19.1 Å². The number of benzene rings is 1. The monoisotopic (exact) mass is 367 g/mol. The highest BCUT2D eigenvalue weighted by atomic mass is 32.1. The number of hydrogen-bond acceptors (Lipinski definition) is 6. The van der Waals surface area contributed by atoms with E-state index in [-0.39, 0.29) is 31.2 Å². The number of hydrazine groups is 1. The van der Waals surface area contributed by atoms with Gasteiger partial charge in [-0.15, -0.1) is 0 Å². The third kappa shape index (κ3) is 8.66. The summed E-state index contributed by atoms with van der Waals surface area (Å²) in [6.07, 6.45) is -0.107. The Labute approximate surface area is 151 Å². The van der Waals surface area contributed by atoms with Crippen molar-refractivity contribution in [3.8, 4) is 5.75 Å². The van der Waals surface area contributed by atoms with Crippen LogP contribution in [0.25, 0.3) is 0 Å². The Morgan fingerprint density at radius 2 is 1.80 bits per heavy atom. The fraction of sp³-hybridized carbons (Fsp3) is 0.375. The fourth-order valence-electron chi connectivity index (χ4n) is 1.69. The highest BCUT2D eigenvalue weighted by molar-refractivity contribution is 7.80. The Bertz CT molecular complexity index is 636. The summed E-state index contributed by atoms with van der Waals surface area (Å²) in [5, 5.41) is 2.25. The third-order valence-corrected chi connectivity index (χ3v) is 3.09. The van der Waals surface area contributed by atoms with Gasteiger partial charge in [0.05, 0.1) is 13.0 Å². The minimum atomic E-state index is -0.466. The smallest absolute Gasteiger partial charge is 0.306 e. The number of aryl methyl sites for hydroxylation is 1. The molecule has 9 heteroatoms. The number of para-hydroxylation sites is 1. The van der Waals surface area contributed by atoms with Crippen molar-refractivity contribution >= 4 is 35.1 Å². The summed E-state index contributed by atoms with van der Waals surface area (Å²) in [7, 11) is 0. The van der Waals surface area contributed by atoms with Crippen LogP contribution in [0, 0.1) is 6.92 Å². The summed E-state index contributed by atoms with van der Waals surface area (Å²) in [5.74, 6) is -0.784. The molecule has 1 aromatic rings. The predicted octanol–water partition coefficient (Wildman–Crippen LogP) is 0.739. The minimum Gasteiger partial charge on any atom is -0.483 e. The highest BCUT2D eigenvalue weighted by Gasteiger charge is 2.10. The molecule has 2 amide bonds. The van der Waals surface area contributed by atoms with Gasteiger partial charge in [-0.25, -0.2) is 0 Å². The second kappa shape index (κ2) is 11.0. The van der Waals surface area contributed by atoms with Crippen LogP contribution in [0.3, 0.4) is 0 Å². The van der Waals surface area contributed by atoms with Crippen molar-refractivity contribution < 1.29 is 23.9 Å². The molecular weight excluding hydrogens is 346 g/mol. The lowest BCUT2D eigenvalue weighted by Crippen LogP contribution is -2.49. The van der Waals surface area contributed by atoms with E-state index >= 15 is 0 Å². The van der Waals surface area contributed by atoms with Crippen LogP contribution >= 0.6 is 12.2 Å². The van der Waals surface area contributed by atoms with E-state index in [1.807, 2.05) is 19.1 Å². The topological polar surface area (TPSA) is 106 Å². The number of nitrogens with one attached hydrogen (secondary N) is 3. The minimum absolute atomic E-state index is 0.0427. The molecule has 0 spiro atoms. The van der Waals surface area contributed by atoms with Gasteiger partial charge in [-0.1, -0.05) is 18.2 Å². The average Bonchev–Trinajstić information content (AvgIpc) is 2.58. The van der Waals surface area contributed by atoms with Gasteiger partial charge in [0, 0.05) is 6.42 Å². The molecule has 8 nitrogen and oxygen atoms in total. The van der Waals surface area contributed by atoms with Gasteiger partial charge in [0.25, 0.3) is 5.91 Å². The fourth-order valence-corrected chi connectivity index (χ4v) is 1.86. The van der Waals surface area contributed by atoms with Crippen LogP contribution in [0.2, 0.25) is 0 Å². The number of ether oxygens (including phenoxy) is 2. The van der Waals surface area contributed by atoms with Crippen molar-refractivity contribution in [2.45, 2.75) is 26.7 Å². The van der Waals surface area contributed by atoms with Gasteiger partial charge < -0.3 is 14.8 Å². The lowest BCUT2D eigenvalue weighted by atomic mass is 10.2. The second-order valence-electron chi connectivity index (χ2n) is 4.91. The molecule has 0 atom stereocenters. The summed E-state index contributed by atoms with van der Waals surface area (Å²) < 4.78 is 10.1. The third-order valence-electron chi connectivity index (χ3n) is 2.88. The SMILES string of the molecule is CCOC(=O)CCC(=O)NC(=S)NNC(=O)COc1ccccc1C. The summed E-state index contributed by atoms with van der Waals surface area (Å²) >= 11 is 4.86. The standard InChI is InChI=1S/C16H21N3O5S/c1-3-23-15(22)9-8-13(20)17-16(25)19-18-14(21)10-24-12-7-5-4-6-11(12)2/h4-7H,3,8-10H2,1-2H3,(H,18,21)(H2,17,19,20,25). The molecule has 0 heterocycles. The summed E-state index contributed by atoms with van der Waals surface area (Å²) in [6.45, 7) is 3.60. The Hall–Kier alpha value is -2.68. The van der Waals surface area contributed by atoms with E-state index in [0.717, 1.165) is 5.56 Å². The number of esters is 1.